The zero-order valence-electron chi connectivity index (χ0n) is 9.83. The fraction of sp³-hybridized carbons (Fsp3) is 0.917. The maximum atomic E-state index is 13.9. The van der Waals surface area contributed by atoms with Crippen LogP contribution in [0.25, 0.3) is 0 Å². The van der Waals surface area contributed by atoms with E-state index in [9.17, 15) is 8.78 Å². The lowest BCUT2D eigenvalue weighted by Crippen LogP contribution is -2.50. The third kappa shape index (κ3) is 2.05. The third-order valence-electron chi connectivity index (χ3n) is 4.14. The fourth-order valence-electron chi connectivity index (χ4n) is 3.17. The quantitative estimate of drug-likeness (QED) is 0.726. The summed E-state index contributed by atoms with van der Waals surface area (Å²) >= 11 is 0. The SMILES string of the molecule is FC1CCCC(F)C1C1=NC2CCNCC2N1. The van der Waals surface area contributed by atoms with Crippen LogP contribution < -0.4 is 10.6 Å². The molecule has 0 radical (unpaired) electrons. The number of alkyl halides is 2. The Morgan fingerprint density at radius 1 is 1.12 bits per heavy atom. The molecule has 5 heteroatoms. The first-order chi connectivity index (χ1) is 8.25. The van der Waals surface area contributed by atoms with E-state index in [1.807, 2.05) is 0 Å². The molecule has 0 aromatic rings. The van der Waals surface area contributed by atoms with E-state index in [1.54, 1.807) is 0 Å². The van der Waals surface area contributed by atoms with Crippen molar-refractivity contribution in [3.8, 4) is 0 Å². The van der Waals surface area contributed by atoms with Crippen LogP contribution >= 0.6 is 0 Å². The molecule has 2 aliphatic heterocycles. The van der Waals surface area contributed by atoms with Crippen LogP contribution in [0.2, 0.25) is 0 Å². The van der Waals surface area contributed by atoms with Crippen LogP contribution in [0.5, 0.6) is 0 Å². The molecule has 0 aromatic carbocycles. The number of fused-ring (bicyclic) bond motifs is 1. The summed E-state index contributed by atoms with van der Waals surface area (Å²) in [5, 5.41) is 6.51. The topological polar surface area (TPSA) is 36.4 Å². The molecule has 1 saturated heterocycles. The summed E-state index contributed by atoms with van der Waals surface area (Å²) < 4.78 is 27.7. The lowest BCUT2D eigenvalue weighted by atomic mass is 9.85. The number of nitrogens with one attached hydrogen (secondary N) is 2. The molecule has 0 spiro atoms. The molecular weight excluding hydrogens is 224 g/mol. The molecule has 3 aliphatic rings. The molecule has 4 unspecified atom stereocenters. The van der Waals surface area contributed by atoms with E-state index in [2.05, 4.69) is 15.6 Å². The lowest BCUT2D eigenvalue weighted by molar-refractivity contribution is 0.116. The average Bonchev–Trinajstić information content (AvgIpc) is 2.71. The van der Waals surface area contributed by atoms with E-state index in [1.165, 1.54) is 0 Å². The second-order valence-corrected chi connectivity index (χ2v) is 5.31. The number of halogens is 2. The summed E-state index contributed by atoms with van der Waals surface area (Å²) in [6, 6.07) is 0.452. The van der Waals surface area contributed by atoms with Gasteiger partial charge in [-0.05, 0) is 32.2 Å². The van der Waals surface area contributed by atoms with Crippen LogP contribution in [-0.4, -0.2) is 43.4 Å². The molecule has 0 amide bonds. The molecule has 0 aromatic heterocycles. The number of amidine groups is 1. The van der Waals surface area contributed by atoms with E-state index in [4.69, 9.17) is 0 Å². The molecule has 2 N–H and O–H groups in total. The standard InChI is InChI=1S/C12H19F2N3/c13-7-2-1-3-8(14)11(7)12-16-9-4-5-15-6-10(9)17-12/h7-11,15H,1-6H2,(H,16,17). The highest BCUT2D eigenvalue weighted by Gasteiger charge is 2.42. The largest absolute Gasteiger partial charge is 0.367 e. The van der Waals surface area contributed by atoms with Crippen molar-refractivity contribution < 1.29 is 8.78 Å². The summed E-state index contributed by atoms with van der Waals surface area (Å²) in [5.41, 5.74) is 0. The Bertz CT molecular complexity index is 311. The fourth-order valence-corrected chi connectivity index (χ4v) is 3.17. The van der Waals surface area contributed by atoms with Gasteiger partial charge in [-0.2, -0.15) is 0 Å². The van der Waals surface area contributed by atoms with Crippen molar-refractivity contribution in [3.63, 3.8) is 0 Å². The maximum absolute atomic E-state index is 13.9. The van der Waals surface area contributed by atoms with Gasteiger partial charge in [-0.1, -0.05) is 0 Å². The first kappa shape index (κ1) is 11.4. The molecule has 1 aliphatic carbocycles. The summed E-state index contributed by atoms with van der Waals surface area (Å²) in [6.07, 6.45) is 0.414. The average molecular weight is 243 g/mol. The van der Waals surface area contributed by atoms with E-state index in [0.29, 0.717) is 25.1 Å². The van der Waals surface area contributed by atoms with E-state index in [-0.39, 0.29) is 12.1 Å². The maximum Gasteiger partial charge on any atom is 0.113 e. The predicted molar refractivity (Wildman–Crippen MR) is 62.8 cm³/mol. The Hall–Kier alpha value is -0.710. The zero-order chi connectivity index (χ0) is 11.8. The van der Waals surface area contributed by atoms with Gasteiger partial charge in [0.2, 0.25) is 0 Å². The molecule has 1 saturated carbocycles. The lowest BCUT2D eigenvalue weighted by Gasteiger charge is -2.30. The molecule has 17 heavy (non-hydrogen) atoms. The van der Waals surface area contributed by atoms with Gasteiger partial charge in [0.15, 0.2) is 0 Å². The van der Waals surface area contributed by atoms with Gasteiger partial charge in [-0.15, -0.1) is 0 Å². The third-order valence-corrected chi connectivity index (χ3v) is 4.14. The molecule has 2 fully saturated rings. The van der Waals surface area contributed by atoms with Gasteiger partial charge in [0.05, 0.1) is 18.0 Å². The number of nitrogens with zero attached hydrogens (tertiary/aromatic N) is 1. The van der Waals surface area contributed by atoms with Gasteiger partial charge < -0.3 is 10.6 Å². The van der Waals surface area contributed by atoms with Crippen molar-refractivity contribution in [3.05, 3.63) is 0 Å². The Kier molecular flexibility index (Phi) is 3.03. The highest BCUT2D eigenvalue weighted by molar-refractivity contribution is 5.88. The molecule has 2 heterocycles. The molecule has 0 bridgehead atoms. The second kappa shape index (κ2) is 4.52. The van der Waals surface area contributed by atoms with Crippen LogP contribution in [0.1, 0.15) is 25.7 Å². The molecule has 3 nitrogen and oxygen atoms in total. The van der Waals surface area contributed by atoms with Crippen molar-refractivity contribution in [1.29, 1.82) is 0 Å². The van der Waals surface area contributed by atoms with Crippen molar-refractivity contribution in [2.24, 2.45) is 10.9 Å². The number of rotatable bonds is 1. The minimum absolute atomic E-state index is 0.215. The van der Waals surface area contributed by atoms with Crippen LogP contribution in [0.4, 0.5) is 8.78 Å². The van der Waals surface area contributed by atoms with Crippen LogP contribution in [0.15, 0.2) is 4.99 Å². The van der Waals surface area contributed by atoms with E-state index in [0.717, 1.165) is 19.5 Å². The summed E-state index contributed by atoms with van der Waals surface area (Å²) in [5.74, 6) is -0.0576. The van der Waals surface area contributed by atoms with Gasteiger partial charge in [0.1, 0.15) is 18.2 Å². The van der Waals surface area contributed by atoms with Gasteiger partial charge >= 0.3 is 0 Å². The Balaban J connectivity index is 1.75. The normalized spacial score (nSPS) is 46.0. The second-order valence-electron chi connectivity index (χ2n) is 5.31. The number of hydrogen-bond acceptors (Lipinski definition) is 3. The summed E-state index contributed by atoms with van der Waals surface area (Å²) in [4.78, 5) is 4.52. The van der Waals surface area contributed by atoms with Crippen molar-refractivity contribution in [1.82, 2.24) is 10.6 Å². The van der Waals surface area contributed by atoms with E-state index < -0.39 is 18.3 Å². The number of aliphatic imine (C=N–C) groups is 1. The minimum atomic E-state index is -1.07. The van der Waals surface area contributed by atoms with Gasteiger partial charge in [-0.25, -0.2) is 8.78 Å². The Labute approximate surface area is 100 Å². The summed E-state index contributed by atoms with van der Waals surface area (Å²) in [6.45, 7) is 1.79. The van der Waals surface area contributed by atoms with Crippen molar-refractivity contribution in [2.45, 2.75) is 50.1 Å². The molecule has 96 valence electrons. The van der Waals surface area contributed by atoms with Gasteiger partial charge in [0, 0.05) is 6.54 Å². The van der Waals surface area contributed by atoms with Gasteiger partial charge in [-0.3, -0.25) is 4.99 Å². The predicted octanol–water partition coefficient (Wildman–Crippen LogP) is 1.19. The number of piperidine rings is 1. The molecule has 3 rings (SSSR count). The first-order valence-electron chi connectivity index (χ1n) is 6.59. The van der Waals surface area contributed by atoms with Gasteiger partial charge in [0.25, 0.3) is 0 Å². The molecular formula is C12H19F2N3. The highest BCUT2D eigenvalue weighted by atomic mass is 19.1. The number of hydrogen-bond donors (Lipinski definition) is 2. The van der Waals surface area contributed by atoms with Crippen LogP contribution in [-0.2, 0) is 0 Å². The van der Waals surface area contributed by atoms with Crippen molar-refractivity contribution in [2.75, 3.05) is 13.1 Å². The van der Waals surface area contributed by atoms with E-state index >= 15 is 0 Å². The van der Waals surface area contributed by atoms with Crippen molar-refractivity contribution >= 4 is 5.84 Å². The smallest absolute Gasteiger partial charge is 0.113 e. The Morgan fingerprint density at radius 3 is 2.59 bits per heavy atom. The Morgan fingerprint density at radius 2 is 1.88 bits per heavy atom. The molecule has 4 atom stereocenters. The van der Waals surface area contributed by atoms with Crippen LogP contribution in [0, 0.1) is 5.92 Å². The summed E-state index contributed by atoms with van der Waals surface area (Å²) in [7, 11) is 0. The first-order valence-corrected chi connectivity index (χ1v) is 6.59. The zero-order valence-corrected chi connectivity index (χ0v) is 9.83. The monoisotopic (exact) mass is 243 g/mol. The highest BCUT2D eigenvalue weighted by Crippen LogP contribution is 2.32. The minimum Gasteiger partial charge on any atom is -0.367 e. The van der Waals surface area contributed by atoms with Crippen LogP contribution in [0.3, 0.4) is 0 Å².